The Bertz CT molecular complexity index is 1230. The van der Waals surface area contributed by atoms with E-state index in [0.717, 1.165) is 44.8 Å². The van der Waals surface area contributed by atoms with Crippen LogP contribution in [-0.4, -0.2) is 67.2 Å². The van der Waals surface area contributed by atoms with Crippen molar-refractivity contribution in [1.29, 1.82) is 0 Å². The first-order valence-electron chi connectivity index (χ1n) is 12.0. The molecule has 2 heterocycles. The lowest BCUT2D eigenvalue weighted by Crippen LogP contribution is -2.38. The lowest BCUT2D eigenvalue weighted by Gasteiger charge is -2.26. The van der Waals surface area contributed by atoms with E-state index in [1.807, 2.05) is 36.4 Å². The van der Waals surface area contributed by atoms with Gasteiger partial charge in [0.2, 0.25) is 0 Å². The quantitative estimate of drug-likeness (QED) is 0.273. The molecule has 4 rings (SSSR count). The Labute approximate surface area is 210 Å². The monoisotopic (exact) mass is 490 g/mol. The van der Waals surface area contributed by atoms with E-state index >= 15 is 0 Å². The maximum atomic E-state index is 13.4. The van der Waals surface area contributed by atoms with Crippen molar-refractivity contribution in [2.45, 2.75) is 13.3 Å². The number of hydrogen-bond acceptors (Lipinski definition) is 7. The van der Waals surface area contributed by atoms with E-state index < -0.39 is 4.92 Å². The zero-order chi connectivity index (χ0) is 25.5. The third-order valence-corrected chi connectivity index (χ3v) is 6.22. The zero-order valence-corrected chi connectivity index (χ0v) is 20.5. The van der Waals surface area contributed by atoms with Gasteiger partial charge in [-0.15, -0.1) is 0 Å². The molecule has 0 saturated carbocycles. The van der Waals surface area contributed by atoms with Crippen molar-refractivity contribution < 1.29 is 19.2 Å². The average Bonchev–Trinajstić information content (AvgIpc) is 2.91. The number of hydrogen-bond donors (Lipinski definition) is 1. The van der Waals surface area contributed by atoms with Gasteiger partial charge in [-0.1, -0.05) is 36.4 Å². The third kappa shape index (κ3) is 5.87. The lowest BCUT2D eigenvalue weighted by molar-refractivity contribution is -0.385. The number of aryl methyl sites for hydroxylation is 1. The summed E-state index contributed by atoms with van der Waals surface area (Å²) in [5, 5.41) is 14.7. The minimum atomic E-state index is -0.486. The predicted octanol–water partition coefficient (Wildman–Crippen LogP) is 4.09. The Kier molecular flexibility index (Phi) is 8.24. The Morgan fingerprint density at radius 1 is 1.14 bits per heavy atom. The molecule has 9 nitrogen and oxygen atoms in total. The zero-order valence-electron chi connectivity index (χ0n) is 20.5. The highest BCUT2D eigenvalue weighted by Gasteiger charge is 2.22. The minimum Gasteiger partial charge on any atom is -0.490 e. The summed E-state index contributed by atoms with van der Waals surface area (Å²) in [4.78, 5) is 31.6. The van der Waals surface area contributed by atoms with Crippen molar-refractivity contribution >= 4 is 11.6 Å². The topological polar surface area (TPSA) is 107 Å². The van der Waals surface area contributed by atoms with Crippen LogP contribution in [-0.2, 0) is 4.74 Å². The van der Waals surface area contributed by atoms with E-state index in [2.05, 4.69) is 10.2 Å². The molecular weight excluding hydrogens is 460 g/mol. The summed E-state index contributed by atoms with van der Waals surface area (Å²) in [7, 11) is 1.39. The minimum absolute atomic E-state index is 0.159. The number of nitrogens with one attached hydrogen (secondary N) is 1. The average molecular weight is 491 g/mol. The summed E-state index contributed by atoms with van der Waals surface area (Å²) in [6, 6.07) is 16.2. The van der Waals surface area contributed by atoms with E-state index in [-0.39, 0.29) is 17.3 Å². The van der Waals surface area contributed by atoms with E-state index in [4.69, 9.17) is 14.5 Å². The summed E-state index contributed by atoms with van der Waals surface area (Å²) in [6.07, 6.45) is 0.809. The van der Waals surface area contributed by atoms with Crippen LogP contribution in [0.4, 0.5) is 5.69 Å². The summed E-state index contributed by atoms with van der Waals surface area (Å²) in [6.45, 7) is 6.46. The number of aromatic nitrogens is 1. The number of benzene rings is 2. The number of morpholine rings is 1. The van der Waals surface area contributed by atoms with Crippen LogP contribution in [0.2, 0.25) is 0 Å². The Hall–Kier alpha value is -3.82. The number of ether oxygens (including phenoxy) is 2. The van der Waals surface area contributed by atoms with Crippen LogP contribution in [0.1, 0.15) is 22.5 Å². The van der Waals surface area contributed by atoms with Crippen LogP contribution in [0.15, 0.2) is 54.6 Å². The van der Waals surface area contributed by atoms with Crippen molar-refractivity contribution in [3.8, 4) is 28.1 Å². The number of nitro benzene ring substituents is 1. The van der Waals surface area contributed by atoms with Crippen LogP contribution in [0.5, 0.6) is 5.75 Å². The van der Waals surface area contributed by atoms with Crippen LogP contribution in [0, 0.1) is 17.0 Å². The predicted molar refractivity (Wildman–Crippen MR) is 137 cm³/mol. The largest absolute Gasteiger partial charge is 0.490 e. The van der Waals surface area contributed by atoms with Crippen molar-refractivity contribution in [2.24, 2.45) is 0 Å². The summed E-state index contributed by atoms with van der Waals surface area (Å²) in [5.74, 6) is -0.0954. The Morgan fingerprint density at radius 2 is 1.89 bits per heavy atom. The molecule has 36 heavy (non-hydrogen) atoms. The van der Waals surface area contributed by atoms with Crippen molar-refractivity contribution in [2.75, 3.05) is 46.5 Å². The standard InChI is InChI=1S/C27H30N4O5/c1-19-26(27(32)28-11-6-12-30-13-15-36-16-14-30)22(18-23(29-19)20-7-4-3-5-8-20)21-9-10-25(35-2)24(17-21)31(33)34/h3-5,7-10,17-18H,6,11-16H2,1-2H3,(H,28,32). The van der Waals surface area contributed by atoms with Gasteiger partial charge in [-0.05, 0) is 43.1 Å². The molecule has 0 atom stereocenters. The molecule has 1 aromatic heterocycles. The van der Waals surface area contributed by atoms with E-state index in [9.17, 15) is 14.9 Å². The molecule has 188 valence electrons. The molecule has 0 radical (unpaired) electrons. The number of methoxy groups -OCH3 is 1. The molecule has 1 fully saturated rings. The van der Waals surface area contributed by atoms with Gasteiger partial charge in [0.25, 0.3) is 5.91 Å². The van der Waals surface area contributed by atoms with Crippen LogP contribution in [0.3, 0.4) is 0 Å². The molecule has 0 spiro atoms. The van der Waals surface area contributed by atoms with Gasteiger partial charge < -0.3 is 14.8 Å². The van der Waals surface area contributed by atoms with Crippen molar-refractivity contribution in [1.82, 2.24) is 15.2 Å². The molecule has 1 aliphatic heterocycles. The Balaban J connectivity index is 1.66. The van der Waals surface area contributed by atoms with Gasteiger partial charge in [-0.2, -0.15) is 0 Å². The van der Waals surface area contributed by atoms with Crippen LogP contribution < -0.4 is 10.1 Å². The van der Waals surface area contributed by atoms with Crippen molar-refractivity contribution in [3.63, 3.8) is 0 Å². The molecule has 0 aliphatic carbocycles. The number of nitro groups is 1. The fraction of sp³-hybridized carbons (Fsp3) is 0.333. The van der Waals surface area contributed by atoms with Gasteiger partial charge >= 0.3 is 5.69 Å². The summed E-state index contributed by atoms with van der Waals surface area (Å²) in [5.41, 5.74) is 3.49. The maximum Gasteiger partial charge on any atom is 0.311 e. The van der Waals surface area contributed by atoms with E-state index in [0.29, 0.717) is 34.6 Å². The summed E-state index contributed by atoms with van der Waals surface area (Å²) < 4.78 is 10.5. The second-order valence-electron chi connectivity index (χ2n) is 8.59. The summed E-state index contributed by atoms with van der Waals surface area (Å²) >= 11 is 0. The molecule has 0 bridgehead atoms. The molecule has 3 aromatic rings. The highest BCUT2D eigenvalue weighted by Crippen LogP contribution is 2.36. The fourth-order valence-electron chi connectivity index (χ4n) is 4.36. The normalized spacial score (nSPS) is 13.8. The lowest BCUT2D eigenvalue weighted by atomic mass is 9.95. The first-order valence-corrected chi connectivity index (χ1v) is 12.0. The van der Waals surface area contributed by atoms with Gasteiger partial charge in [0.05, 0.1) is 42.2 Å². The van der Waals surface area contributed by atoms with E-state index in [1.165, 1.54) is 13.2 Å². The molecule has 1 N–H and O–H groups in total. The molecule has 1 aliphatic rings. The van der Waals surface area contributed by atoms with E-state index in [1.54, 1.807) is 19.1 Å². The number of pyridine rings is 1. The van der Waals surface area contributed by atoms with Crippen molar-refractivity contribution in [3.05, 3.63) is 76.0 Å². The van der Waals surface area contributed by atoms with Gasteiger partial charge in [0.15, 0.2) is 5.75 Å². The number of amides is 1. The van der Waals surface area contributed by atoms with Gasteiger partial charge in [0, 0.05) is 31.3 Å². The highest BCUT2D eigenvalue weighted by molar-refractivity contribution is 6.02. The first kappa shape index (κ1) is 25.3. The second-order valence-corrected chi connectivity index (χ2v) is 8.59. The smallest absolute Gasteiger partial charge is 0.311 e. The molecule has 9 heteroatoms. The first-order chi connectivity index (χ1) is 17.5. The molecule has 2 aromatic carbocycles. The molecule has 0 unspecified atom stereocenters. The molecular formula is C27H30N4O5. The fourth-order valence-corrected chi connectivity index (χ4v) is 4.36. The SMILES string of the molecule is COc1ccc(-c2cc(-c3ccccc3)nc(C)c2C(=O)NCCCN2CCOCC2)cc1[N+](=O)[O-]. The van der Waals surface area contributed by atoms with Crippen LogP contribution >= 0.6 is 0 Å². The number of carbonyl (C=O) groups is 1. The number of rotatable bonds is 9. The Morgan fingerprint density at radius 3 is 2.58 bits per heavy atom. The second kappa shape index (κ2) is 11.7. The number of nitrogens with zero attached hydrogens (tertiary/aromatic N) is 3. The highest BCUT2D eigenvalue weighted by atomic mass is 16.6. The van der Waals surface area contributed by atoms with Gasteiger partial charge in [0.1, 0.15) is 0 Å². The maximum absolute atomic E-state index is 13.4. The van der Waals surface area contributed by atoms with Crippen LogP contribution in [0.25, 0.3) is 22.4 Å². The molecule has 1 amide bonds. The number of carbonyl (C=O) groups excluding carboxylic acids is 1. The van der Waals surface area contributed by atoms with Gasteiger partial charge in [-0.25, -0.2) is 0 Å². The molecule has 1 saturated heterocycles. The van der Waals surface area contributed by atoms with Gasteiger partial charge in [-0.3, -0.25) is 24.8 Å². The third-order valence-electron chi connectivity index (χ3n) is 6.22.